The Kier molecular flexibility index (Phi) is 4.92. The van der Waals surface area contributed by atoms with E-state index in [0.29, 0.717) is 11.3 Å². The van der Waals surface area contributed by atoms with E-state index in [-0.39, 0.29) is 18.1 Å². The first-order chi connectivity index (χ1) is 10.5. The van der Waals surface area contributed by atoms with E-state index in [2.05, 4.69) is 10.5 Å². The van der Waals surface area contributed by atoms with Crippen LogP contribution in [0.25, 0.3) is 0 Å². The zero-order valence-corrected chi connectivity index (χ0v) is 11.4. The molecule has 0 radical (unpaired) electrons. The van der Waals surface area contributed by atoms with Crippen molar-refractivity contribution in [1.29, 1.82) is 0 Å². The summed E-state index contributed by atoms with van der Waals surface area (Å²) in [5.74, 6) is -0.794. The molecule has 6 nitrogen and oxygen atoms in total. The maximum atomic E-state index is 12.7. The number of carbonyl (C=O) groups excluding carboxylic acids is 1. The average molecular weight is 304 g/mol. The van der Waals surface area contributed by atoms with Crippen LogP contribution in [0, 0.1) is 5.82 Å². The molecule has 0 aromatic heterocycles. The summed E-state index contributed by atoms with van der Waals surface area (Å²) in [6.45, 7) is -0.287. The number of aromatic hydroxyl groups is 2. The number of hydrogen-bond acceptors (Lipinski definition) is 5. The zero-order valence-electron chi connectivity index (χ0n) is 11.4. The molecule has 0 aliphatic rings. The van der Waals surface area contributed by atoms with Crippen LogP contribution in [0.5, 0.6) is 17.2 Å². The van der Waals surface area contributed by atoms with Crippen molar-refractivity contribution in [1.82, 2.24) is 5.43 Å². The standard InChI is InChI=1S/C15H13FN2O4/c16-11-2-5-13(6-3-11)22-9-15(21)18-17-8-10-1-4-12(19)7-14(10)20/h1-8,19-20H,9H2,(H,18,21). The number of carbonyl (C=O) groups is 1. The number of phenols is 2. The van der Waals surface area contributed by atoms with Crippen molar-refractivity contribution in [3.8, 4) is 17.2 Å². The molecular formula is C15H13FN2O4. The van der Waals surface area contributed by atoms with Gasteiger partial charge in [0.2, 0.25) is 0 Å². The number of ether oxygens (including phenoxy) is 1. The molecule has 22 heavy (non-hydrogen) atoms. The van der Waals surface area contributed by atoms with Gasteiger partial charge >= 0.3 is 0 Å². The van der Waals surface area contributed by atoms with Gasteiger partial charge in [-0.2, -0.15) is 5.10 Å². The topological polar surface area (TPSA) is 91.2 Å². The van der Waals surface area contributed by atoms with E-state index >= 15 is 0 Å². The fraction of sp³-hybridized carbons (Fsp3) is 0.0667. The second kappa shape index (κ2) is 7.07. The molecule has 0 fully saturated rings. The summed E-state index contributed by atoms with van der Waals surface area (Å²) in [6.07, 6.45) is 1.23. The lowest BCUT2D eigenvalue weighted by atomic mass is 10.2. The molecule has 2 rings (SSSR count). The predicted molar refractivity (Wildman–Crippen MR) is 77.4 cm³/mol. The van der Waals surface area contributed by atoms with Crippen LogP contribution in [0.4, 0.5) is 4.39 Å². The van der Waals surface area contributed by atoms with Crippen molar-refractivity contribution >= 4 is 12.1 Å². The molecule has 0 heterocycles. The van der Waals surface area contributed by atoms with E-state index in [1.54, 1.807) is 0 Å². The number of rotatable bonds is 5. The van der Waals surface area contributed by atoms with Gasteiger partial charge in [-0.1, -0.05) is 0 Å². The van der Waals surface area contributed by atoms with Crippen molar-refractivity contribution < 1.29 is 24.1 Å². The molecule has 0 aliphatic carbocycles. The molecule has 0 unspecified atom stereocenters. The van der Waals surface area contributed by atoms with Gasteiger partial charge in [-0.3, -0.25) is 4.79 Å². The van der Waals surface area contributed by atoms with E-state index in [1.165, 1.54) is 42.6 Å². The Balaban J connectivity index is 1.82. The molecular weight excluding hydrogens is 291 g/mol. The molecule has 0 saturated carbocycles. The SMILES string of the molecule is O=C(COc1ccc(F)cc1)NN=Cc1ccc(O)cc1O. The second-order valence-corrected chi connectivity index (χ2v) is 4.28. The summed E-state index contributed by atoms with van der Waals surface area (Å²) in [7, 11) is 0. The fourth-order valence-corrected chi connectivity index (χ4v) is 1.53. The van der Waals surface area contributed by atoms with Gasteiger partial charge in [-0.05, 0) is 36.4 Å². The molecule has 0 spiro atoms. The van der Waals surface area contributed by atoms with Crippen molar-refractivity contribution in [2.45, 2.75) is 0 Å². The van der Waals surface area contributed by atoms with Crippen molar-refractivity contribution in [2.75, 3.05) is 6.61 Å². The molecule has 7 heteroatoms. The second-order valence-electron chi connectivity index (χ2n) is 4.28. The Morgan fingerprint density at radius 2 is 1.95 bits per heavy atom. The van der Waals surface area contributed by atoms with Gasteiger partial charge in [-0.15, -0.1) is 0 Å². The largest absolute Gasteiger partial charge is 0.508 e. The minimum atomic E-state index is -0.515. The Morgan fingerprint density at radius 3 is 2.64 bits per heavy atom. The van der Waals surface area contributed by atoms with Crippen LogP contribution in [0.2, 0.25) is 0 Å². The van der Waals surface area contributed by atoms with Gasteiger partial charge in [0.25, 0.3) is 5.91 Å². The molecule has 3 N–H and O–H groups in total. The fourth-order valence-electron chi connectivity index (χ4n) is 1.53. The molecule has 0 saturated heterocycles. The van der Waals surface area contributed by atoms with Crippen LogP contribution in [0.1, 0.15) is 5.56 Å². The third-order valence-electron chi connectivity index (χ3n) is 2.59. The Labute approximate surface area is 125 Å². The third-order valence-corrected chi connectivity index (χ3v) is 2.59. The number of benzene rings is 2. The molecule has 0 aliphatic heterocycles. The zero-order chi connectivity index (χ0) is 15.9. The van der Waals surface area contributed by atoms with Crippen LogP contribution >= 0.6 is 0 Å². The number of nitrogens with zero attached hydrogens (tertiary/aromatic N) is 1. The smallest absolute Gasteiger partial charge is 0.277 e. The molecule has 114 valence electrons. The van der Waals surface area contributed by atoms with E-state index in [4.69, 9.17) is 9.84 Å². The minimum absolute atomic E-state index is 0.0774. The number of hydrogen-bond donors (Lipinski definition) is 3. The van der Waals surface area contributed by atoms with Gasteiger partial charge in [0.05, 0.1) is 6.21 Å². The maximum Gasteiger partial charge on any atom is 0.277 e. The number of nitrogens with one attached hydrogen (secondary N) is 1. The Bertz CT molecular complexity index is 686. The lowest BCUT2D eigenvalue weighted by Gasteiger charge is -2.04. The van der Waals surface area contributed by atoms with Gasteiger partial charge in [0, 0.05) is 11.6 Å². The Morgan fingerprint density at radius 1 is 1.23 bits per heavy atom. The van der Waals surface area contributed by atoms with Crippen molar-refractivity contribution in [3.63, 3.8) is 0 Å². The van der Waals surface area contributed by atoms with E-state index in [9.17, 15) is 14.3 Å². The highest BCUT2D eigenvalue weighted by molar-refractivity contribution is 5.85. The van der Waals surface area contributed by atoms with Gasteiger partial charge in [0.15, 0.2) is 6.61 Å². The maximum absolute atomic E-state index is 12.7. The van der Waals surface area contributed by atoms with Crippen molar-refractivity contribution in [2.24, 2.45) is 5.10 Å². The normalized spacial score (nSPS) is 10.6. The monoisotopic (exact) mass is 304 g/mol. The number of hydrazone groups is 1. The summed E-state index contributed by atoms with van der Waals surface area (Å²) < 4.78 is 17.8. The van der Waals surface area contributed by atoms with Crippen molar-refractivity contribution in [3.05, 3.63) is 53.8 Å². The predicted octanol–water partition coefficient (Wildman–Crippen LogP) is 1.77. The Hall–Kier alpha value is -3.09. The van der Waals surface area contributed by atoms with Crippen LogP contribution in [0.3, 0.4) is 0 Å². The summed E-state index contributed by atoms with van der Waals surface area (Å²) in [6, 6.07) is 9.22. The summed E-state index contributed by atoms with van der Waals surface area (Å²) in [5.41, 5.74) is 2.54. The highest BCUT2D eigenvalue weighted by Crippen LogP contribution is 2.20. The first-order valence-electron chi connectivity index (χ1n) is 6.27. The lowest BCUT2D eigenvalue weighted by Crippen LogP contribution is -2.24. The first-order valence-corrected chi connectivity index (χ1v) is 6.27. The van der Waals surface area contributed by atoms with E-state index in [0.717, 1.165) is 6.07 Å². The summed E-state index contributed by atoms with van der Waals surface area (Å²) >= 11 is 0. The molecule has 0 atom stereocenters. The quantitative estimate of drug-likeness (QED) is 0.580. The highest BCUT2D eigenvalue weighted by Gasteiger charge is 2.02. The van der Waals surface area contributed by atoms with Crippen LogP contribution < -0.4 is 10.2 Å². The lowest BCUT2D eigenvalue weighted by molar-refractivity contribution is -0.123. The van der Waals surface area contributed by atoms with Gasteiger partial charge in [0.1, 0.15) is 23.1 Å². The molecule has 2 aromatic carbocycles. The van der Waals surface area contributed by atoms with Crippen LogP contribution in [0.15, 0.2) is 47.6 Å². The van der Waals surface area contributed by atoms with Crippen LogP contribution in [-0.2, 0) is 4.79 Å². The van der Waals surface area contributed by atoms with E-state index < -0.39 is 11.7 Å². The van der Waals surface area contributed by atoms with E-state index in [1.807, 2.05) is 0 Å². The number of halogens is 1. The summed E-state index contributed by atoms with van der Waals surface area (Å²) in [5, 5.41) is 22.3. The first kappa shape index (κ1) is 15.3. The highest BCUT2D eigenvalue weighted by atomic mass is 19.1. The van der Waals surface area contributed by atoms with Gasteiger partial charge in [-0.25, -0.2) is 9.82 Å². The molecule has 2 aromatic rings. The summed E-state index contributed by atoms with van der Waals surface area (Å²) in [4.78, 5) is 11.5. The van der Waals surface area contributed by atoms with Gasteiger partial charge < -0.3 is 14.9 Å². The number of amides is 1. The molecule has 0 bridgehead atoms. The minimum Gasteiger partial charge on any atom is -0.508 e. The molecule has 1 amide bonds. The average Bonchev–Trinajstić information content (AvgIpc) is 2.49. The third kappa shape index (κ3) is 4.48. The number of phenolic OH excluding ortho intramolecular Hbond substituents is 2. The van der Waals surface area contributed by atoms with Crippen LogP contribution in [-0.4, -0.2) is 28.9 Å².